The smallest absolute Gasteiger partial charge is 0.311 e. The van der Waals surface area contributed by atoms with E-state index in [2.05, 4.69) is 16.2 Å². The van der Waals surface area contributed by atoms with Crippen molar-refractivity contribution in [1.82, 2.24) is 4.98 Å². The zero-order valence-corrected chi connectivity index (χ0v) is 9.87. The number of nitrogens with two attached hydrogens (primary N) is 1. The number of thioether (sulfide) groups is 1. The Hall–Kier alpha value is -1.94. The van der Waals surface area contributed by atoms with E-state index in [9.17, 15) is 10.1 Å². The van der Waals surface area contributed by atoms with Gasteiger partial charge in [0.25, 0.3) is 0 Å². The van der Waals surface area contributed by atoms with Crippen LogP contribution in [0.5, 0.6) is 0 Å². The Bertz CT molecular complexity index is 444. The molecule has 0 aliphatic carbocycles. The number of hydrogen-bond donors (Lipinski definition) is 2. The Labute approximate surface area is 103 Å². The summed E-state index contributed by atoms with van der Waals surface area (Å²) < 4.78 is 0. The standard InChI is InChI=1S/C10H12N4O2S/c1-2-6-17-7-5-12-9-4-3-8(14(15)16)10(11)13-9/h1,3-4H,5-7H2,(H3,11,12,13). The van der Waals surface area contributed by atoms with E-state index in [4.69, 9.17) is 12.2 Å². The van der Waals surface area contributed by atoms with Crippen LogP contribution >= 0.6 is 11.8 Å². The zero-order chi connectivity index (χ0) is 12.7. The molecule has 0 aliphatic heterocycles. The number of pyridine rings is 1. The lowest BCUT2D eigenvalue weighted by Crippen LogP contribution is -2.07. The van der Waals surface area contributed by atoms with Crippen molar-refractivity contribution in [2.24, 2.45) is 0 Å². The second kappa shape index (κ2) is 6.60. The second-order valence-corrected chi connectivity index (χ2v) is 4.15. The van der Waals surface area contributed by atoms with E-state index >= 15 is 0 Å². The number of aromatic nitrogens is 1. The summed E-state index contributed by atoms with van der Waals surface area (Å²) in [6.07, 6.45) is 5.10. The number of nitro groups is 1. The summed E-state index contributed by atoms with van der Waals surface area (Å²) in [5.41, 5.74) is 5.27. The van der Waals surface area contributed by atoms with Crippen LogP contribution in [-0.4, -0.2) is 28.0 Å². The largest absolute Gasteiger partial charge is 0.378 e. The normalized spacial score (nSPS) is 9.59. The predicted octanol–water partition coefficient (Wildman–Crippen LogP) is 1.35. The van der Waals surface area contributed by atoms with E-state index in [0.29, 0.717) is 18.1 Å². The maximum atomic E-state index is 10.5. The van der Waals surface area contributed by atoms with Crippen molar-refractivity contribution in [3.63, 3.8) is 0 Å². The van der Waals surface area contributed by atoms with Gasteiger partial charge < -0.3 is 11.1 Å². The third-order valence-corrected chi connectivity index (χ3v) is 2.70. The molecule has 0 spiro atoms. The van der Waals surface area contributed by atoms with Crippen molar-refractivity contribution >= 4 is 29.1 Å². The minimum absolute atomic E-state index is 0.0868. The average molecular weight is 252 g/mol. The summed E-state index contributed by atoms with van der Waals surface area (Å²) in [5.74, 6) is 4.46. The number of nitrogens with one attached hydrogen (secondary N) is 1. The van der Waals surface area contributed by atoms with Crippen LogP contribution in [0.2, 0.25) is 0 Å². The molecule has 1 heterocycles. The van der Waals surface area contributed by atoms with Crippen LogP contribution in [0.15, 0.2) is 12.1 Å². The van der Waals surface area contributed by atoms with Gasteiger partial charge in [0.05, 0.1) is 10.7 Å². The molecule has 1 rings (SSSR count). The van der Waals surface area contributed by atoms with Crippen LogP contribution in [0.4, 0.5) is 17.3 Å². The van der Waals surface area contributed by atoms with Crippen LogP contribution in [0.25, 0.3) is 0 Å². The summed E-state index contributed by atoms with van der Waals surface area (Å²) in [4.78, 5) is 13.8. The van der Waals surface area contributed by atoms with Gasteiger partial charge in [-0.15, -0.1) is 18.2 Å². The molecule has 3 N–H and O–H groups in total. The first kappa shape index (κ1) is 13.1. The van der Waals surface area contributed by atoms with Gasteiger partial charge in [-0.3, -0.25) is 10.1 Å². The molecule has 0 aliphatic rings. The monoisotopic (exact) mass is 252 g/mol. The van der Waals surface area contributed by atoms with Crippen molar-refractivity contribution in [2.45, 2.75) is 0 Å². The highest BCUT2D eigenvalue weighted by Gasteiger charge is 2.12. The van der Waals surface area contributed by atoms with E-state index < -0.39 is 4.92 Å². The number of nitrogens with zero attached hydrogens (tertiary/aromatic N) is 2. The SMILES string of the molecule is C#CCSCCNc1ccc([N+](=O)[O-])c(N)n1. The van der Waals surface area contributed by atoms with Crippen LogP contribution in [-0.2, 0) is 0 Å². The summed E-state index contributed by atoms with van der Waals surface area (Å²) in [6.45, 7) is 0.677. The fraction of sp³-hybridized carbons (Fsp3) is 0.300. The second-order valence-electron chi connectivity index (χ2n) is 3.04. The zero-order valence-electron chi connectivity index (χ0n) is 9.05. The van der Waals surface area contributed by atoms with Gasteiger partial charge in [-0.25, -0.2) is 4.98 Å². The molecule has 0 bridgehead atoms. The maximum absolute atomic E-state index is 10.5. The number of anilines is 2. The third kappa shape index (κ3) is 4.20. The fourth-order valence-corrected chi connectivity index (χ4v) is 1.61. The Morgan fingerprint density at radius 1 is 1.65 bits per heavy atom. The van der Waals surface area contributed by atoms with Crippen LogP contribution < -0.4 is 11.1 Å². The van der Waals surface area contributed by atoms with Gasteiger partial charge in [-0.2, -0.15) is 0 Å². The highest BCUT2D eigenvalue weighted by atomic mass is 32.2. The molecule has 0 amide bonds. The first-order valence-electron chi connectivity index (χ1n) is 4.81. The van der Waals surface area contributed by atoms with E-state index in [1.807, 2.05) is 0 Å². The van der Waals surface area contributed by atoms with Gasteiger partial charge in [-0.1, -0.05) is 5.92 Å². The molecule has 0 fully saturated rings. The number of terminal acetylenes is 1. The molecule has 1 aromatic heterocycles. The molecule has 0 radical (unpaired) electrons. The highest BCUT2D eigenvalue weighted by Crippen LogP contribution is 2.20. The summed E-state index contributed by atoms with van der Waals surface area (Å²) in [5, 5.41) is 13.5. The molecule has 0 aromatic carbocycles. The van der Waals surface area contributed by atoms with Gasteiger partial charge in [0.1, 0.15) is 5.82 Å². The van der Waals surface area contributed by atoms with Crippen molar-refractivity contribution in [3.05, 3.63) is 22.2 Å². The predicted molar refractivity (Wildman–Crippen MR) is 70.0 cm³/mol. The van der Waals surface area contributed by atoms with E-state index in [0.717, 1.165) is 5.75 Å². The number of rotatable bonds is 6. The highest BCUT2D eigenvalue weighted by molar-refractivity contribution is 7.99. The topological polar surface area (TPSA) is 94.1 Å². The van der Waals surface area contributed by atoms with E-state index in [1.165, 1.54) is 12.1 Å². The number of nitrogen functional groups attached to an aromatic ring is 1. The molecular weight excluding hydrogens is 240 g/mol. The molecule has 7 heteroatoms. The first-order chi connectivity index (χ1) is 8.15. The average Bonchev–Trinajstić information content (AvgIpc) is 2.28. The first-order valence-corrected chi connectivity index (χ1v) is 5.96. The molecular formula is C10H12N4O2S. The van der Waals surface area contributed by atoms with Gasteiger partial charge in [-0.05, 0) is 6.07 Å². The third-order valence-electron chi connectivity index (χ3n) is 1.84. The van der Waals surface area contributed by atoms with Gasteiger partial charge in [0.15, 0.2) is 0 Å². The van der Waals surface area contributed by atoms with Crippen LogP contribution in [0.3, 0.4) is 0 Å². The molecule has 0 saturated heterocycles. The molecule has 0 unspecified atom stereocenters. The Morgan fingerprint density at radius 3 is 3.00 bits per heavy atom. The van der Waals surface area contributed by atoms with Gasteiger partial charge in [0, 0.05) is 18.4 Å². The summed E-state index contributed by atoms with van der Waals surface area (Å²) in [6, 6.07) is 2.86. The van der Waals surface area contributed by atoms with Crippen LogP contribution in [0, 0.1) is 22.5 Å². The fourth-order valence-electron chi connectivity index (χ4n) is 1.10. The van der Waals surface area contributed by atoms with Crippen molar-refractivity contribution in [1.29, 1.82) is 0 Å². The summed E-state index contributed by atoms with van der Waals surface area (Å²) >= 11 is 1.62. The molecule has 0 atom stereocenters. The lowest BCUT2D eigenvalue weighted by atomic mass is 10.4. The lowest BCUT2D eigenvalue weighted by molar-refractivity contribution is -0.384. The molecule has 6 nitrogen and oxygen atoms in total. The minimum atomic E-state index is -0.561. The number of hydrogen-bond acceptors (Lipinski definition) is 6. The quantitative estimate of drug-likeness (QED) is 0.343. The van der Waals surface area contributed by atoms with Gasteiger partial charge in [0.2, 0.25) is 5.82 Å². The van der Waals surface area contributed by atoms with Gasteiger partial charge >= 0.3 is 5.69 Å². The maximum Gasteiger partial charge on any atom is 0.311 e. The molecule has 90 valence electrons. The minimum Gasteiger partial charge on any atom is -0.378 e. The van der Waals surface area contributed by atoms with E-state index in [-0.39, 0.29) is 11.5 Å². The Morgan fingerprint density at radius 2 is 2.41 bits per heavy atom. The van der Waals surface area contributed by atoms with Crippen LogP contribution in [0.1, 0.15) is 0 Å². The van der Waals surface area contributed by atoms with Crippen molar-refractivity contribution in [3.8, 4) is 12.3 Å². The van der Waals surface area contributed by atoms with Crippen molar-refractivity contribution in [2.75, 3.05) is 29.1 Å². The van der Waals surface area contributed by atoms with Crippen molar-refractivity contribution < 1.29 is 4.92 Å². The molecule has 1 aromatic rings. The lowest BCUT2D eigenvalue weighted by Gasteiger charge is -2.05. The Kier molecular flexibility index (Phi) is 5.10. The molecule has 0 saturated carbocycles. The summed E-state index contributed by atoms with van der Waals surface area (Å²) in [7, 11) is 0. The molecule has 17 heavy (non-hydrogen) atoms. The Balaban J connectivity index is 2.48. The van der Waals surface area contributed by atoms with E-state index in [1.54, 1.807) is 11.8 Å².